The molecule has 2 heterocycles. The lowest BCUT2D eigenvalue weighted by Crippen LogP contribution is -2.25. The summed E-state index contributed by atoms with van der Waals surface area (Å²) >= 11 is 1.71. The molecule has 2 aromatic rings. The van der Waals surface area contributed by atoms with Crippen molar-refractivity contribution < 1.29 is 12.8 Å². The first kappa shape index (κ1) is 18.8. The van der Waals surface area contributed by atoms with Crippen LogP contribution in [0.2, 0.25) is 0 Å². The van der Waals surface area contributed by atoms with E-state index in [-0.39, 0.29) is 4.90 Å². The van der Waals surface area contributed by atoms with E-state index < -0.39 is 10.0 Å². The van der Waals surface area contributed by atoms with E-state index in [1.807, 2.05) is 26.2 Å². The largest absolute Gasteiger partial charge is 0.464 e. The summed E-state index contributed by atoms with van der Waals surface area (Å²) in [6.07, 6.45) is 0. The lowest BCUT2D eigenvalue weighted by atomic mass is 10.2. The summed E-state index contributed by atoms with van der Waals surface area (Å²) < 4.78 is 33.7. The van der Waals surface area contributed by atoms with E-state index in [1.165, 1.54) is 6.07 Å². The number of nitrogens with two attached hydrogens (primary N) is 1. The molecule has 1 aliphatic rings. The lowest BCUT2D eigenvalue weighted by molar-refractivity contribution is 0.344. The monoisotopic (exact) mass is 394 g/mol. The standard InChI is InChI=1S/C17H22N4O3S2/c1-21(2)10-13-4-5-14(24-13)11-25-8-7-19-17-15-6-3-12(18)9-16(15)26(22,23)20-17/h3-6,9H,7-8,10-11,18H2,1-2H3,(H,19,20). The molecule has 3 rings (SSSR count). The molecule has 0 radical (unpaired) electrons. The number of nitrogens with zero attached hydrogens (tertiary/aromatic N) is 2. The molecule has 3 N–H and O–H groups in total. The van der Waals surface area contributed by atoms with E-state index in [0.717, 1.165) is 29.6 Å². The highest BCUT2D eigenvalue weighted by atomic mass is 32.2. The van der Waals surface area contributed by atoms with Gasteiger partial charge in [-0.1, -0.05) is 0 Å². The number of hydrogen-bond donors (Lipinski definition) is 2. The van der Waals surface area contributed by atoms with Gasteiger partial charge in [-0.05, 0) is 44.4 Å². The quantitative estimate of drug-likeness (QED) is 0.546. The lowest BCUT2D eigenvalue weighted by Gasteiger charge is -2.07. The Labute approximate surface area is 157 Å². The summed E-state index contributed by atoms with van der Waals surface area (Å²) in [4.78, 5) is 2.22. The first-order chi connectivity index (χ1) is 12.3. The summed E-state index contributed by atoms with van der Waals surface area (Å²) in [5.41, 5.74) is 6.65. The van der Waals surface area contributed by atoms with Gasteiger partial charge in [-0.15, -0.1) is 4.40 Å². The molecular formula is C17H22N4O3S2. The molecule has 7 nitrogen and oxygen atoms in total. The Balaban J connectivity index is 1.48. The second-order valence-electron chi connectivity index (χ2n) is 6.26. The van der Waals surface area contributed by atoms with Crippen molar-refractivity contribution in [1.82, 2.24) is 10.2 Å². The van der Waals surface area contributed by atoms with Crippen LogP contribution in [0, 0.1) is 0 Å². The fraction of sp³-hybridized carbons (Fsp3) is 0.353. The Kier molecular flexibility index (Phi) is 5.59. The predicted molar refractivity (Wildman–Crippen MR) is 105 cm³/mol. The van der Waals surface area contributed by atoms with Crippen LogP contribution in [0.1, 0.15) is 17.1 Å². The minimum Gasteiger partial charge on any atom is -0.464 e. The number of fused-ring (bicyclic) bond motifs is 1. The second kappa shape index (κ2) is 7.73. The fourth-order valence-electron chi connectivity index (χ4n) is 2.60. The van der Waals surface area contributed by atoms with Gasteiger partial charge < -0.3 is 20.4 Å². The van der Waals surface area contributed by atoms with Crippen LogP contribution in [0.25, 0.3) is 0 Å². The van der Waals surface area contributed by atoms with Gasteiger partial charge in [-0.2, -0.15) is 20.2 Å². The molecule has 0 saturated heterocycles. The summed E-state index contributed by atoms with van der Waals surface area (Å²) in [5, 5.41) is 3.10. The molecule has 0 amide bonds. The first-order valence-electron chi connectivity index (χ1n) is 8.14. The number of hydrogen-bond acceptors (Lipinski definition) is 7. The predicted octanol–water partition coefficient (Wildman–Crippen LogP) is 1.90. The molecule has 1 aromatic carbocycles. The third-order valence-electron chi connectivity index (χ3n) is 3.72. The average Bonchev–Trinajstić information content (AvgIpc) is 3.09. The number of furan rings is 1. The first-order valence-corrected chi connectivity index (χ1v) is 10.7. The minimum atomic E-state index is -3.65. The second-order valence-corrected chi connectivity index (χ2v) is 8.93. The topological polar surface area (TPSA) is 101 Å². The Morgan fingerprint density at radius 2 is 2.00 bits per heavy atom. The van der Waals surface area contributed by atoms with Crippen molar-refractivity contribution in [3.05, 3.63) is 47.4 Å². The van der Waals surface area contributed by atoms with Gasteiger partial charge >= 0.3 is 0 Å². The molecule has 0 spiro atoms. The van der Waals surface area contributed by atoms with Crippen LogP contribution in [0.5, 0.6) is 0 Å². The van der Waals surface area contributed by atoms with Gasteiger partial charge in [0.1, 0.15) is 22.3 Å². The van der Waals surface area contributed by atoms with Crippen molar-refractivity contribution in [1.29, 1.82) is 0 Å². The highest BCUT2D eigenvalue weighted by molar-refractivity contribution is 7.98. The Morgan fingerprint density at radius 1 is 1.23 bits per heavy atom. The van der Waals surface area contributed by atoms with Crippen molar-refractivity contribution >= 4 is 33.3 Å². The fourth-order valence-corrected chi connectivity index (χ4v) is 4.58. The number of sulfonamides is 1. The van der Waals surface area contributed by atoms with Crippen molar-refractivity contribution in [3.63, 3.8) is 0 Å². The summed E-state index contributed by atoms with van der Waals surface area (Å²) in [7, 11) is 0.352. The van der Waals surface area contributed by atoms with Crippen LogP contribution < -0.4 is 11.1 Å². The third-order valence-corrected chi connectivity index (χ3v) is 6.02. The molecule has 1 aliphatic heterocycles. The van der Waals surface area contributed by atoms with E-state index in [9.17, 15) is 8.42 Å². The highest BCUT2D eigenvalue weighted by Gasteiger charge is 2.28. The molecule has 140 valence electrons. The van der Waals surface area contributed by atoms with Crippen LogP contribution >= 0.6 is 11.8 Å². The maximum atomic E-state index is 12.1. The minimum absolute atomic E-state index is 0.164. The summed E-state index contributed by atoms with van der Waals surface area (Å²) in [5.74, 6) is 3.84. The van der Waals surface area contributed by atoms with Gasteiger partial charge in [0.05, 0.1) is 12.3 Å². The van der Waals surface area contributed by atoms with Crippen molar-refractivity contribution in [2.75, 3.05) is 32.1 Å². The molecule has 26 heavy (non-hydrogen) atoms. The Hall–Kier alpha value is -1.97. The van der Waals surface area contributed by atoms with Gasteiger partial charge in [0.15, 0.2) is 0 Å². The zero-order chi connectivity index (χ0) is 18.7. The van der Waals surface area contributed by atoms with Gasteiger partial charge in [0.2, 0.25) is 0 Å². The molecule has 0 fully saturated rings. The normalized spacial score (nSPS) is 15.1. The molecular weight excluding hydrogens is 372 g/mol. The maximum Gasteiger partial charge on any atom is 0.285 e. The van der Waals surface area contributed by atoms with Crippen molar-refractivity contribution in [2.24, 2.45) is 4.40 Å². The molecule has 0 aliphatic carbocycles. The summed E-state index contributed by atoms with van der Waals surface area (Å²) in [6, 6.07) is 8.79. The number of rotatable bonds is 7. The van der Waals surface area contributed by atoms with E-state index in [1.54, 1.807) is 23.9 Å². The number of nitrogen functional groups attached to an aromatic ring is 1. The molecule has 0 atom stereocenters. The molecule has 0 saturated carbocycles. The number of nitrogens with one attached hydrogen (secondary N) is 1. The van der Waals surface area contributed by atoms with E-state index in [2.05, 4.69) is 14.6 Å². The highest BCUT2D eigenvalue weighted by Crippen LogP contribution is 2.27. The number of benzene rings is 1. The molecule has 1 aromatic heterocycles. The number of amidine groups is 1. The van der Waals surface area contributed by atoms with Gasteiger partial charge in [-0.25, -0.2) is 0 Å². The zero-order valence-electron chi connectivity index (χ0n) is 14.7. The molecule has 9 heteroatoms. The van der Waals surface area contributed by atoms with Crippen LogP contribution in [0.3, 0.4) is 0 Å². The van der Waals surface area contributed by atoms with Crippen LogP contribution in [0.4, 0.5) is 5.69 Å². The third kappa shape index (κ3) is 4.40. The SMILES string of the molecule is CN(C)Cc1ccc(CSCCNC2=NS(=O)(=O)c3cc(N)ccc32)o1. The van der Waals surface area contributed by atoms with E-state index in [4.69, 9.17) is 10.2 Å². The van der Waals surface area contributed by atoms with Crippen LogP contribution in [0.15, 0.2) is 44.0 Å². The Bertz CT molecular complexity index is 920. The van der Waals surface area contributed by atoms with Crippen molar-refractivity contribution in [3.8, 4) is 0 Å². The van der Waals surface area contributed by atoms with Crippen molar-refractivity contribution in [2.45, 2.75) is 17.2 Å². The van der Waals surface area contributed by atoms with Gasteiger partial charge in [0.25, 0.3) is 10.0 Å². The van der Waals surface area contributed by atoms with E-state index in [0.29, 0.717) is 23.6 Å². The number of thioether (sulfide) groups is 1. The summed E-state index contributed by atoms with van der Waals surface area (Å²) in [6.45, 7) is 1.39. The van der Waals surface area contributed by atoms with Crippen LogP contribution in [-0.4, -0.2) is 45.5 Å². The van der Waals surface area contributed by atoms with Gasteiger partial charge in [-0.3, -0.25) is 0 Å². The average molecular weight is 395 g/mol. The van der Waals surface area contributed by atoms with Gasteiger partial charge in [0, 0.05) is 23.5 Å². The van der Waals surface area contributed by atoms with E-state index >= 15 is 0 Å². The number of anilines is 1. The zero-order valence-corrected chi connectivity index (χ0v) is 16.4. The van der Waals surface area contributed by atoms with Crippen LogP contribution in [-0.2, 0) is 22.3 Å². The molecule has 0 bridgehead atoms. The molecule has 0 unspecified atom stereocenters. The smallest absolute Gasteiger partial charge is 0.285 e. The maximum absolute atomic E-state index is 12.1. The Morgan fingerprint density at radius 3 is 2.77 bits per heavy atom.